The minimum absolute atomic E-state index is 0.555. The topological polar surface area (TPSA) is 43.8 Å². The molecule has 0 bridgehead atoms. The third-order valence-electron chi connectivity index (χ3n) is 3.68. The number of aryl methyl sites for hydroxylation is 2. The second kappa shape index (κ2) is 5.00. The molecular weight excluding hydrogens is 198 g/mol. The molecule has 0 amide bonds. The van der Waals surface area contributed by atoms with Gasteiger partial charge in [-0.25, -0.2) is 4.98 Å². The fourth-order valence-corrected chi connectivity index (χ4v) is 2.89. The van der Waals surface area contributed by atoms with Crippen LogP contribution in [0.5, 0.6) is 0 Å². The molecule has 0 spiro atoms. The van der Waals surface area contributed by atoms with E-state index in [0.29, 0.717) is 6.04 Å². The monoisotopic (exact) mass is 221 g/mol. The Bertz CT molecular complexity index is 354. The first-order chi connectivity index (χ1) is 7.77. The molecule has 1 aromatic rings. The molecule has 16 heavy (non-hydrogen) atoms. The summed E-state index contributed by atoms with van der Waals surface area (Å²) in [5, 5.41) is 0. The second-order valence-electron chi connectivity index (χ2n) is 4.77. The van der Waals surface area contributed by atoms with Crippen molar-refractivity contribution in [1.82, 2.24) is 9.55 Å². The summed E-state index contributed by atoms with van der Waals surface area (Å²) in [6.07, 6.45) is 7.22. The van der Waals surface area contributed by atoms with Gasteiger partial charge in [0, 0.05) is 11.7 Å². The van der Waals surface area contributed by atoms with Gasteiger partial charge in [0.2, 0.25) is 0 Å². The molecule has 1 aliphatic rings. The summed E-state index contributed by atoms with van der Waals surface area (Å²) in [7, 11) is 0. The smallest absolute Gasteiger partial charge is 0.106 e. The van der Waals surface area contributed by atoms with E-state index in [4.69, 9.17) is 10.7 Å². The molecule has 0 saturated heterocycles. The van der Waals surface area contributed by atoms with Gasteiger partial charge in [0.25, 0.3) is 0 Å². The fraction of sp³-hybridized carbons (Fsp3) is 0.769. The standard InChI is InChI=1S/C13H23N3/c1-3-11(8-9-14)16-10(2)15-12-6-4-5-7-13(12)16/h11H,3-9,14H2,1-2H3. The molecule has 0 fully saturated rings. The van der Waals surface area contributed by atoms with Crippen LogP contribution in [-0.2, 0) is 12.8 Å². The summed E-state index contributed by atoms with van der Waals surface area (Å²) in [6.45, 7) is 5.15. The van der Waals surface area contributed by atoms with Crippen LogP contribution >= 0.6 is 0 Å². The van der Waals surface area contributed by atoms with Crippen LogP contribution in [0, 0.1) is 6.92 Å². The summed E-state index contributed by atoms with van der Waals surface area (Å²) in [5.41, 5.74) is 8.54. The maximum atomic E-state index is 5.70. The Hall–Kier alpha value is -0.830. The molecule has 3 nitrogen and oxygen atoms in total. The van der Waals surface area contributed by atoms with Gasteiger partial charge in [-0.2, -0.15) is 0 Å². The highest BCUT2D eigenvalue weighted by molar-refractivity contribution is 5.20. The van der Waals surface area contributed by atoms with E-state index in [-0.39, 0.29) is 0 Å². The molecule has 90 valence electrons. The molecule has 0 aromatic carbocycles. The number of nitrogens with two attached hydrogens (primary N) is 1. The van der Waals surface area contributed by atoms with Crippen LogP contribution in [0.2, 0.25) is 0 Å². The predicted octanol–water partition coefficient (Wildman–Crippen LogP) is 2.37. The quantitative estimate of drug-likeness (QED) is 0.848. The molecule has 1 aromatic heterocycles. The molecule has 1 atom stereocenters. The number of hydrogen-bond donors (Lipinski definition) is 1. The van der Waals surface area contributed by atoms with E-state index in [1.54, 1.807) is 0 Å². The van der Waals surface area contributed by atoms with Gasteiger partial charge in [0.1, 0.15) is 5.82 Å². The average molecular weight is 221 g/mol. The van der Waals surface area contributed by atoms with Crippen LogP contribution < -0.4 is 5.73 Å². The SMILES string of the molecule is CCC(CCN)n1c(C)nc2c1CCCC2. The van der Waals surface area contributed by atoms with E-state index < -0.39 is 0 Å². The van der Waals surface area contributed by atoms with Gasteiger partial charge in [-0.05, 0) is 52.0 Å². The van der Waals surface area contributed by atoms with Crippen molar-refractivity contribution >= 4 is 0 Å². The summed E-state index contributed by atoms with van der Waals surface area (Å²) in [5.74, 6) is 1.19. The van der Waals surface area contributed by atoms with Gasteiger partial charge in [0.05, 0.1) is 5.69 Å². The predicted molar refractivity (Wildman–Crippen MR) is 66.6 cm³/mol. The summed E-state index contributed by atoms with van der Waals surface area (Å²) in [4.78, 5) is 4.72. The van der Waals surface area contributed by atoms with E-state index in [1.165, 1.54) is 42.9 Å². The van der Waals surface area contributed by atoms with Crippen LogP contribution in [0.1, 0.15) is 55.9 Å². The molecule has 0 aliphatic heterocycles. The number of nitrogens with zero attached hydrogens (tertiary/aromatic N) is 2. The Morgan fingerprint density at radius 1 is 1.38 bits per heavy atom. The van der Waals surface area contributed by atoms with Crippen molar-refractivity contribution < 1.29 is 0 Å². The van der Waals surface area contributed by atoms with Gasteiger partial charge in [0.15, 0.2) is 0 Å². The molecule has 1 heterocycles. The normalized spacial score (nSPS) is 17.2. The molecule has 2 N–H and O–H groups in total. The van der Waals surface area contributed by atoms with E-state index >= 15 is 0 Å². The maximum absolute atomic E-state index is 5.70. The van der Waals surface area contributed by atoms with Gasteiger partial charge >= 0.3 is 0 Å². The zero-order valence-corrected chi connectivity index (χ0v) is 10.5. The van der Waals surface area contributed by atoms with E-state index in [2.05, 4.69) is 18.4 Å². The third-order valence-corrected chi connectivity index (χ3v) is 3.68. The highest BCUT2D eigenvalue weighted by Crippen LogP contribution is 2.27. The summed E-state index contributed by atoms with van der Waals surface area (Å²) >= 11 is 0. The Balaban J connectivity index is 2.34. The zero-order chi connectivity index (χ0) is 11.5. The van der Waals surface area contributed by atoms with Crippen LogP contribution in [-0.4, -0.2) is 16.1 Å². The highest BCUT2D eigenvalue weighted by Gasteiger charge is 2.21. The lowest BCUT2D eigenvalue weighted by Gasteiger charge is -2.22. The van der Waals surface area contributed by atoms with Gasteiger partial charge in [-0.3, -0.25) is 0 Å². The average Bonchev–Trinajstić information content (AvgIpc) is 2.62. The Labute approximate surface area is 98.1 Å². The van der Waals surface area contributed by atoms with Crippen LogP contribution in [0.15, 0.2) is 0 Å². The minimum atomic E-state index is 0.555. The van der Waals surface area contributed by atoms with Gasteiger partial charge < -0.3 is 10.3 Å². The first-order valence-corrected chi connectivity index (χ1v) is 6.54. The van der Waals surface area contributed by atoms with Crippen molar-refractivity contribution in [1.29, 1.82) is 0 Å². The van der Waals surface area contributed by atoms with Crippen molar-refractivity contribution in [3.05, 3.63) is 17.2 Å². The molecule has 0 radical (unpaired) electrons. The first-order valence-electron chi connectivity index (χ1n) is 6.54. The largest absolute Gasteiger partial charge is 0.330 e. The molecule has 0 saturated carbocycles. The molecule has 2 rings (SSSR count). The number of hydrogen-bond acceptors (Lipinski definition) is 2. The van der Waals surface area contributed by atoms with Crippen molar-refractivity contribution in [3.63, 3.8) is 0 Å². The second-order valence-corrected chi connectivity index (χ2v) is 4.77. The third kappa shape index (κ3) is 2.01. The van der Waals surface area contributed by atoms with E-state index in [1.807, 2.05) is 0 Å². The Kier molecular flexibility index (Phi) is 3.64. The van der Waals surface area contributed by atoms with Crippen molar-refractivity contribution in [2.24, 2.45) is 5.73 Å². The summed E-state index contributed by atoms with van der Waals surface area (Å²) < 4.78 is 2.46. The highest BCUT2D eigenvalue weighted by atomic mass is 15.1. The fourth-order valence-electron chi connectivity index (χ4n) is 2.89. The first kappa shape index (κ1) is 11.6. The number of rotatable bonds is 4. The van der Waals surface area contributed by atoms with Crippen LogP contribution in [0.25, 0.3) is 0 Å². The lowest BCUT2D eigenvalue weighted by molar-refractivity contribution is 0.431. The summed E-state index contributed by atoms with van der Waals surface area (Å²) in [6, 6.07) is 0.555. The van der Waals surface area contributed by atoms with Gasteiger partial charge in [-0.15, -0.1) is 0 Å². The van der Waals surface area contributed by atoms with Crippen molar-refractivity contribution in [2.75, 3.05) is 6.54 Å². The molecule has 1 aliphatic carbocycles. The number of imidazole rings is 1. The lowest BCUT2D eigenvalue weighted by Crippen LogP contribution is -2.18. The zero-order valence-electron chi connectivity index (χ0n) is 10.5. The number of fused-ring (bicyclic) bond motifs is 1. The maximum Gasteiger partial charge on any atom is 0.106 e. The van der Waals surface area contributed by atoms with E-state index in [9.17, 15) is 0 Å². The van der Waals surface area contributed by atoms with Crippen molar-refractivity contribution in [3.8, 4) is 0 Å². The van der Waals surface area contributed by atoms with Gasteiger partial charge in [-0.1, -0.05) is 6.92 Å². The Morgan fingerprint density at radius 3 is 2.81 bits per heavy atom. The molecule has 3 heteroatoms. The van der Waals surface area contributed by atoms with Crippen LogP contribution in [0.3, 0.4) is 0 Å². The molecule has 1 unspecified atom stereocenters. The van der Waals surface area contributed by atoms with E-state index in [0.717, 1.165) is 19.4 Å². The Morgan fingerprint density at radius 2 is 2.12 bits per heavy atom. The minimum Gasteiger partial charge on any atom is -0.330 e. The van der Waals surface area contributed by atoms with Crippen molar-refractivity contribution in [2.45, 2.75) is 58.4 Å². The number of aromatic nitrogens is 2. The van der Waals surface area contributed by atoms with Crippen LogP contribution in [0.4, 0.5) is 0 Å². The molecular formula is C13H23N3. The lowest BCUT2D eigenvalue weighted by atomic mass is 10.00.